The van der Waals surface area contributed by atoms with Gasteiger partial charge in [0.25, 0.3) is 5.91 Å². The number of nitriles is 1. The maximum absolute atomic E-state index is 12.2. The van der Waals surface area contributed by atoms with Crippen molar-refractivity contribution in [3.05, 3.63) is 77.6 Å². The number of benzene rings is 2. The summed E-state index contributed by atoms with van der Waals surface area (Å²) in [4.78, 5) is 25.1. The molecule has 1 amide bonds. The van der Waals surface area contributed by atoms with Crippen LogP contribution in [0.4, 0.5) is 5.69 Å². The van der Waals surface area contributed by atoms with Gasteiger partial charge < -0.3 is 10.1 Å². The third kappa shape index (κ3) is 5.86. The molecule has 0 unspecified atom stereocenters. The van der Waals surface area contributed by atoms with Crippen LogP contribution < -0.4 is 5.32 Å². The normalized spacial score (nSPS) is 10.7. The van der Waals surface area contributed by atoms with Crippen molar-refractivity contribution in [2.24, 2.45) is 0 Å². The first-order chi connectivity index (χ1) is 15.5. The molecule has 0 saturated carbocycles. The molecule has 0 aliphatic rings. The summed E-state index contributed by atoms with van der Waals surface area (Å²) in [5.74, 6) is -0.814. The Hall–Kier alpha value is -3.83. The van der Waals surface area contributed by atoms with Crippen LogP contribution in [-0.2, 0) is 14.3 Å². The van der Waals surface area contributed by atoms with Crippen LogP contribution in [0.2, 0.25) is 0 Å². The number of anilines is 1. The van der Waals surface area contributed by atoms with E-state index < -0.39 is 18.5 Å². The van der Waals surface area contributed by atoms with Gasteiger partial charge in [-0.3, -0.25) is 4.79 Å². The minimum Gasteiger partial charge on any atom is -0.452 e. The van der Waals surface area contributed by atoms with E-state index in [2.05, 4.69) is 16.5 Å². The van der Waals surface area contributed by atoms with Gasteiger partial charge in [-0.15, -0.1) is 11.8 Å². The lowest BCUT2D eigenvalue weighted by molar-refractivity contribution is -0.142. The molecule has 0 aliphatic carbocycles. The highest BCUT2D eigenvalue weighted by molar-refractivity contribution is 7.99. The lowest BCUT2D eigenvalue weighted by Gasteiger charge is -2.09. The van der Waals surface area contributed by atoms with Gasteiger partial charge in [0.1, 0.15) is 0 Å². The number of hydrogen-bond acceptors (Lipinski definition) is 6. The van der Waals surface area contributed by atoms with Gasteiger partial charge in [0, 0.05) is 22.2 Å². The van der Waals surface area contributed by atoms with Gasteiger partial charge in [0.2, 0.25) is 0 Å². The lowest BCUT2D eigenvalue weighted by atomic mass is 10.2. The van der Waals surface area contributed by atoms with Crippen molar-refractivity contribution in [1.82, 2.24) is 9.78 Å². The van der Waals surface area contributed by atoms with E-state index in [1.54, 1.807) is 18.2 Å². The zero-order valence-corrected chi connectivity index (χ0v) is 18.6. The molecule has 3 rings (SSSR count). The molecule has 0 fully saturated rings. The topological polar surface area (TPSA) is 97.0 Å². The number of carbonyl (C=O) groups excluding carboxylic acids is 2. The first-order valence-corrected chi connectivity index (χ1v) is 10.8. The Kier molecular flexibility index (Phi) is 7.84. The van der Waals surface area contributed by atoms with E-state index in [4.69, 9.17) is 10.00 Å². The number of esters is 1. The number of carbonyl (C=O) groups is 2. The van der Waals surface area contributed by atoms with Gasteiger partial charge in [-0.1, -0.05) is 30.3 Å². The van der Waals surface area contributed by atoms with Crippen LogP contribution in [0.15, 0.2) is 65.6 Å². The maximum atomic E-state index is 12.2. The molecule has 0 atom stereocenters. The third-order valence-electron chi connectivity index (χ3n) is 4.53. The Balaban J connectivity index is 1.58. The van der Waals surface area contributed by atoms with Crippen molar-refractivity contribution in [3.63, 3.8) is 0 Å². The Labute approximate surface area is 190 Å². The summed E-state index contributed by atoms with van der Waals surface area (Å²) in [6.45, 7) is 3.38. The SMILES string of the molecule is Cc1nn(-c2ccccc2)c(C)c1C=CC(=O)OCC(=O)Nc1ccccc1SCC#N. The summed E-state index contributed by atoms with van der Waals surface area (Å²) in [5, 5.41) is 16.0. The molecule has 3 aromatic rings. The summed E-state index contributed by atoms with van der Waals surface area (Å²) in [6, 6.07) is 18.9. The third-order valence-corrected chi connectivity index (χ3v) is 5.47. The van der Waals surface area contributed by atoms with Crippen LogP contribution in [0.25, 0.3) is 11.8 Å². The average Bonchev–Trinajstić information content (AvgIpc) is 3.09. The zero-order valence-electron chi connectivity index (χ0n) is 17.7. The van der Waals surface area contributed by atoms with Crippen LogP contribution in [0.3, 0.4) is 0 Å². The fourth-order valence-corrected chi connectivity index (χ4v) is 3.71. The summed E-state index contributed by atoms with van der Waals surface area (Å²) < 4.78 is 6.88. The molecule has 0 saturated heterocycles. The highest BCUT2D eigenvalue weighted by Gasteiger charge is 2.12. The largest absolute Gasteiger partial charge is 0.452 e. The number of nitrogens with zero attached hydrogens (tertiary/aromatic N) is 3. The Morgan fingerprint density at radius 3 is 2.62 bits per heavy atom. The lowest BCUT2D eigenvalue weighted by Crippen LogP contribution is -2.20. The van der Waals surface area contributed by atoms with E-state index in [0.717, 1.165) is 27.5 Å². The second-order valence-corrected chi connectivity index (χ2v) is 7.78. The number of aryl methyl sites for hydroxylation is 1. The second-order valence-electron chi connectivity index (χ2n) is 6.76. The molecule has 1 N–H and O–H groups in total. The minimum absolute atomic E-state index is 0.270. The molecule has 0 bridgehead atoms. The number of para-hydroxylation sites is 2. The van der Waals surface area contributed by atoms with Crippen LogP contribution in [0.5, 0.6) is 0 Å². The molecule has 1 heterocycles. The van der Waals surface area contributed by atoms with Crippen LogP contribution in [0.1, 0.15) is 17.0 Å². The van der Waals surface area contributed by atoms with Gasteiger partial charge in [-0.25, -0.2) is 9.48 Å². The predicted octanol–water partition coefficient (Wildman–Crippen LogP) is 4.30. The van der Waals surface area contributed by atoms with Crippen molar-refractivity contribution in [2.45, 2.75) is 18.7 Å². The first kappa shape index (κ1) is 22.8. The van der Waals surface area contributed by atoms with Gasteiger partial charge >= 0.3 is 5.97 Å². The zero-order chi connectivity index (χ0) is 22.9. The summed E-state index contributed by atoms with van der Waals surface area (Å²) in [5.41, 5.74) is 3.99. The van der Waals surface area contributed by atoms with Gasteiger partial charge in [-0.2, -0.15) is 10.4 Å². The molecule has 1 aromatic heterocycles. The highest BCUT2D eigenvalue weighted by atomic mass is 32.2. The fraction of sp³-hybridized carbons (Fsp3) is 0.167. The summed E-state index contributed by atoms with van der Waals surface area (Å²) in [6.07, 6.45) is 2.93. The van der Waals surface area contributed by atoms with Crippen molar-refractivity contribution < 1.29 is 14.3 Å². The Bertz CT molecular complexity index is 1180. The number of nitrogens with one attached hydrogen (secondary N) is 1. The molecule has 7 nitrogen and oxygen atoms in total. The van der Waals surface area contributed by atoms with Crippen molar-refractivity contribution in [1.29, 1.82) is 5.26 Å². The Morgan fingerprint density at radius 2 is 1.88 bits per heavy atom. The van der Waals surface area contributed by atoms with E-state index in [-0.39, 0.29) is 5.75 Å². The summed E-state index contributed by atoms with van der Waals surface area (Å²) in [7, 11) is 0. The summed E-state index contributed by atoms with van der Waals surface area (Å²) >= 11 is 1.32. The quantitative estimate of drug-likeness (QED) is 0.315. The van der Waals surface area contributed by atoms with Crippen molar-refractivity contribution >= 4 is 35.4 Å². The van der Waals surface area contributed by atoms with Crippen LogP contribution >= 0.6 is 11.8 Å². The fourth-order valence-electron chi connectivity index (χ4n) is 3.04. The van der Waals surface area contributed by atoms with E-state index in [0.29, 0.717) is 5.69 Å². The second kappa shape index (κ2) is 11.0. The van der Waals surface area contributed by atoms with Gasteiger partial charge in [-0.05, 0) is 44.2 Å². The highest BCUT2D eigenvalue weighted by Crippen LogP contribution is 2.26. The smallest absolute Gasteiger partial charge is 0.331 e. The maximum Gasteiger partial charge on any atom is 0.331 e. The Morgan fingerprint density at radius 1 is 1.16 bits per heavy atom. The van der Waals surface area contributed by atoms with Crippen LogP contribution in [-0.4, -0.2) is 34.0 Å². The van der Waals surface area contributed by atoms with E-state index >= 15 is 0 Å². The number of hydrogen-bond donors (Lipinski definition) is 1. The molecule has 2 aromatic carbocycles. The molecule has 162 valence electrons. The monoisotopic (exact) mass is 446 g/mol. The van der Waals surface area contributed by atoms with E-state index in [1.165, 1.54) is 17.8 Å². The number of amides is 1. The molecule has 8 heteroatoms. The van der Waals surface area contributed by atoms with Crippen molar-refractivity contribution in [3.8, 4) is 11.8 Å². The average molecular weight is 447 g/mol. The minimum atomic E-state index is -0.626. The molecule has 0 spiro atoms. The molecule has 0 radical (unpaired) electrons. The first-order valence-electron chi connectivity index (χ1n) is 9.84. The van der Waals surface area contributed by atoms with Crippen LogP contribution in [0, 0.1) is 25.2 Å². The standard InChI is InChI=1S/C24H22N4O3S/c1-17-20(18(2)28(27-17)19-8-4-3-5-9-19)12-13-24(30)31-16-23(29)26-21-10-6-7-11-22(21)32-15-14-25/h3-13H,15-16H2,1-2H3,(H,26,29). The van der Waals surface area contributed by atoms with E-state index in [9.17, 15) is 9.59 Å². The molecule has 32 heavy (non-hydrogen) atoms. The number of aromatic nitrogens is 2. The van der Waals surface area contributed by atoms with Gasteiger partial charge in [0.05, 0.1) is 28.9 Å². The molecular weight excluding hydrogens is 424 g/mol. The van der Waals surface area contributed by atoms with Crippen molar-refractivity contribution in [2.75, 3.05) is 17.7 Å². The molecular formula is C24H22N4O3S. The number of ether oxygens (including phenoxy) is 1. The molecule has 0 aliphatic heterocycles. The van der Waals surface area contributed by atoms with Gasteiger partial charge in [0.15, 0.2) is 6.61 Å². The number of rotatable bonds is 8. The predicted molar refractivity (Wildman–Crippen MR) is 124 cm³/mol. The van der Waals surface area contributed by atoms with E-state index in [1.807, 2.05) is 61.0 Å². The number of thioether (sulfide) groups is 1.